The van der Waals surface area contributed by atoms with E-state index in [1.54, 1.807) is 10.9 Å². The van der Waals surface area contributed by atoms with Crippen LogP contribution in [0.4, 0.5) is 8.78 Å². The first-order valence-electron chi connectivity index (χ1n) is 7.21. The van der Waals surface area contributed by atoms with Gasteiger partial charge in [0.2, 0.25) is 0 Å². The Kier molecular flexibility index (Phi) is 4.47. The van der Waals surface area contributed by atoms with Crippen LogP contribution in [0.3, 0.4) is 0 Å². The van der Waals surface area contributed by atoms with Gasteiger partial charge in [0.25, 0.3) is 0 Å². The Balaban J connectivity index is 1.65. The van der Waals surface area contributed by atoms with Crippen molar-refractivity contribution >= 4 is 0 Å². The summed E-state index contributed by atoms with van der Waals surface area (Å²) < 4.78 is 28.3. The van der Waals surface area contributed by atoms with Gasteiger partial charge in [0.1, 0.15) is 5.82 Å². The Morgan fingerprint density at radius 3 is 2.70 bits per heavy atom. The molecule has 0 fully saturated rings. The molecule has 0 aliphatic carbocycles. The smallest absolute Gasteiger partial charge is 0.295 e. The van der Waals surface area contributed by atoms with Gasteiger partial charge in [0, 0.05) is 30.7 Å². The number of rotatable bonds is 6. The number of aromatic nitrogens is 4. The van der Waals surface area contributed by atoms with Crippen LogP contribution < -0.4 is 0 Å². The molecule has 2 aromatic heterocycles. The van der Waals surface area contributed by atoms with E-state index in [1.165, 1.54) is 12.4 Å². The highest BCUT2D eigenvalue weighted by atomic mass is 19.3. The van der Waals surface area contributed by atoms with E-state index in [0.717, 1.165) is 15.8 Å². The van der Waals surface area contributed by atoms with Crippen molar-refractivity contribution in [2.75, 3.05) is 7.05 Å². The maximum absolute atomic E-state index is 12.8. The van der Waals surface area contributed by atoms with E-state index in [2.05, 4.69) is 10.1 Å². The number of nitrogens with zero attached hydrogens (tertiary/aromatic N) is 5. The Morgan fingerprint density at radius 2 is 1.96 bits per heavy atom. The maximum Gasteiger partial charge on any atom is 0.319 e. The summed E-state index contributed by atoms with van der Waals surface area (Å²) in [5.41, 5.74) is 1.99. The van der Waals surface area contributed by atoms with Crippen LogP contribution in [0.25, 0.3) is 5.69 Å². The van der Waals surface area contributed by atoms with Crippen LogP contribution in [0.2, 0.25) is 0 Å². The molecule has 3 aromatic rings. The lowest BCUT2D eigenvalue weighted by Gasteiger charge is -2.16. The van der Waals surface area contributed by atoms with Gasteiger partial charge in [-0.1, -0.05) is 18.2 Å². The summed E-state index contributed by atoms with van der Waals surface area (Å²) in [6, 6.07) is 9.80. The molecule has 23 heavy (non-hydrogen) atoms. The lowest BCUT2D eigenvalue weighted by atomic mass is 10.3. The van der Waals surface area contributed by atoms with Gasteiger partial charge in [-0.15, -0.1) is 0 Å². The van der Waals surface area contributed by atoms with E-state index in [4.69, 9.17) is 0 Å². The average Bonchev–Trinajstić information content (AvgIpc) is 3.17. The normalized spacial score (nSPS) is 11.5. The largest absolute Gasteiger partial charge is 0.319 e. The first-order chi connectivity index (χ1) is 11.1. The van der Waals surface area contributed by atoms with Gasteiger partial charge in [-0.2, -0.15) is 13.9 Å². The molecule has 2 heterocycles. The molecule has 3 rings (SSSR count). The van der Waals surface area contributed by atoms with Crippen LogP contribution in [0.1, 0.15) is 17.9 Å². The molecule has 1 aromatic carbocycles. The lowest BCUT2D eigenvalue weighted by molar-refractivity contribution is 0.0644. The highest BCUT2D eigenvalue weighted by molar-refractivity contribution is 5.30. The van der Waals surface area contributed by atoms with Crippen molar-refractivity contribution in [3.05, 3.63) is 66.5 Å². The predicted molar refractivity (Wildman–Crippen MR) is 82.2 cm³/mol. The quantitative estimate of drug-likeness (QED) is 0.701. The zero-order chi connectivity index (χ0) is 16.2. The van der Waals surface area contributed by atoms with Gasteiger partial charge in [0.05, 0.1) is 18.4 Å². The second-order valence-electron chi connectivity index (χ2n) is 5.33. The fourth-order valence-corrected chi connectivity index (χ4v) is 2.42. The van der Waals surface area contributed by atoms with Crippen molar-refractivity contribution < 1.29 is 8.78 Å². The van der Waals surface area contributed by atoms with Gasteiger partial charge >= 0.3 is 6.55 Å². The van der Waals surface area contributed by atoms with E-state index >= 15 is 0 Å². The monoisotopic (exact) mass is 317 g/mol. The van der Waals surface area contributed by atoms with E-state index < -0.39 is 6.55 Å². The average molecular weight is 317 g/mol. The second kappa shape index (κ2) is 6.70. The Bertz CT molecular complexity index is 751. The molecule has 120 valence electrons. The molecule has 0 N–H and O–H groups in total. The first-order valence-corrected chi connectivity index (χ1v) is 7.21. The van der Waals surface area contributed by atoms with Gasteiger partial charge < -0.3 is 0 Å². The zero-order valence-electron chi connectivity index (χ0n) is 12.7. The summed E-state index contributed by atoms with van der Waals surface area (Å²) in [6.45, 7) is -1.63. The number of para-hydroxylation sites is 1. The van der Waals surface area contributed by atoms with Crippen LogP contribution in [0.5, 0.6) is 0 Å². The maximum atomic E-state index is 12.8. The van der Waals surface area contributed by atoms with Crippen molar-refractivity contribution in [3.63, 3.8) is 0 Å². The summed E-state index contributed by atoms with van der Waals surface area (Å²) in [7, 11) is 1.87. The molecule has 0 bridgehead atoms. The molecule has 0 amide bonds. The third kappa shape index (κ3) is 3.62. The Morgan fingerprint density at radius 1 is 1.17 bits per heavy atom. The SMILES string of the molecule is CN(Cc1cnn(-c2ccccc2)c1)Cc1nccn1C(F)F. The van der Waals surface area contributed by atoms with Crippen molar-refractivity contribution in [1.29, 1.82) is 0 Å². The minimum absolute atomic E-state index is 0.341. The van der Waals surface area contributed by atoms with E-state index in [0.29, 0.717) is 18.9 Å². The minimum atomic E-state index is -2.57. The standard InChI is InChI=1S/C16H17F2N5/c1-21(12-15-19-7-8-22(15)16(17)18)10-13-9-20-23(11-13)14-5-3-2-4-6-14/h2-9,11,16H,10,12H2,1H3. The Labute approximate surface area is 132 Å². The first kappa shape index (κ1) is 15.4. The van der Waals surface area contributed by atoms with Crippen molar-refractivity contribution in [2.45, 2.75) is 19.6 Å². The number of imidazole rings is 1. The minimum Gasteiger partial charge on any atom is -0.295 e. The second-order valence-corrected chi connectivity index (χ2v) is 5.33. The highest BCUT2D eigenvalue weighted by Crippen LogP contribution is 2.15. The van der Waals surface area contributed by atoms with Gasteiger partial charge in [0.15, 0.2) is 0 Å². The van der Waals surface area contributed by atoms with E-state index in [9.17, 15) is 8.78 Å². The molecular formula is C16H17F2N5. The molecule has 0 spiro atoms. The number of alkyl halides is 2. The van der Waals surface area contributed by atoms with Crippen LogP contribution in [-0.2, 0) is 13.1 Å². The van der Waals surface area contributed by atoms with E-state index in [-0.39, 0.29) is 0 Å². The molecule has 0 saturated heterocycles. The molecule has 0 aliphatic rings. The number of hydrogen-bond acceptors (Lipinski definition) is 3. The molecule has 0 saturated carbocycles. The molecule has 0 aliphatic heterocycles. The predicted octanol–water partition coefficient (Wildman–Crippen LogP) is 3.10. The number of benzene rings is 1. The van der Waals surface area contributed by atoms with Crippen molar-refractivity contribution in [1.82, 2.24) is 24.2 Å². The summed E-state index contributed by atoms with van der Waals surface area (Å²) in [5.74, 6) is 0.345. The lowest BCUT2D eigenvalue weighted by Crippen LogP contribution is -2.20. The van der Waals surface area contributed by atoms with Crippen LogP contribution in [0.15, 0.2) is 55.1 Å². The molecule has 7 heteroatoms. The summed E-state index contributed by atoms with van der Waals surface area (Å²) in [5, 5.41) is 4.33. The summed E-state index contributed by atoms with van der Waals surface area (Å²) in [6.07, 6.45) is 6.40. The van der Waals surface area contributed by atoms with Gasteiger partial charge in [-0.05, 0) is 19.2 Å². The number of halogens is 2. The van der Waals surface area contributed by atoms with E-state index in [1.807, 2.05) is 48.5 Å². The molecule has 0 radical (unpaired) electrons. The van der Waals surface area contributed by atoms with Gasteiger partial charge in [-0.3, -0.25) is 9.47 Å². The Hall–Kier alpha value is -2.54. The highest BCUT2D eigenvalue weighted by Gasteiger charge is 2.13. The van der Waals surface area contributed by atoms with Crippen LogP contribution in [0, 0.1) is 0 Å². The van der Waals surface area contributed by atoms with Crippen LogP contribution >= 0.6 is 0 Å². The third-order valence-corrected chi connectivity index (χ3v) is 3.48. The van der Waals surface area contributed by atoms with Crippen molar-refractivity contribution in [3.8, 4) is 5.69 Å². The van der Waals surface area contributed by atoms with Crippen LogP contribution in [-0.4, -0.2) is 31.3 Å². The number of hydrogen-bond donors (Lipinski definition) is 0. The molecule has 0 unspecified atom stereocenters. The molecule has 5 nitrogen and oxygen atoms in total. The fourth-order valence-electron chi connectivity index (χ4n) is 2.42. The summed E-state index contributed by atoms with van der Waals surface area (Å²) >= 11 is 0. The van der Waals surface area contributed by atoms with Crippen molar-refractivity contribution in [2.24, 2.45) is 0 Å². The molecular weight excluding hydrogens is 300 g/mol. The topological polar surface area (TPSA) is 38.9 Å². The summed E-state index contributed by atoms with van der Waals surface area (Å²) in [4.78, 5) is 5.92. The zero-order valence-corrected chi connectivity index (χ0v) is 12.7. The fraction of sp³-hybridized carbons (Fsp3) is 0.250. The van der Waals surface area contributed by atoms with Gasteiger partial charge in [-0.25, -0.2) is 9.67 Å². The molecule has 0 atom stereocenters. The third-order valence-electron chi connectivity index (χ3n) is 3.48.